The number of alkyl halides is 2. The lowest BCUT2D eigenvalue weighted by molar-refractivity contribution is 0.138. The van der Waals surface area contributed by atoms with Crippen LogP contribution in [-0.2, 0) is 9.05 Å². The monoisotopic (exact) mass is 263 g/mol. The zero-order chi connectivity index (χ0) is 11.8. The number of rotatable bonds is 2. The molecule has 0 saturated heterocycles. The van der Waals surface area contributed by atoms with Crippen molar-refractivity contribution < 1.29 is 26.0 Å². The molecule has 0 spiro atoms. The van der Waals surface area contributed by atoms with Crippen molar-refractivity contribution in [2.45, 2.75) is 11.3 Å². The van der Waals surface area contributed by atoms with Crippen LogP contribution >= 0.6 is 10.7 Å². The van der Waals surface area contributed by atoms with Gasteiger partial charge in [0.25, 0.3) is 15.5 Å². The Morgan fingerprint density at radius 1 is 1.33 bits per heavy atom. The molecule has 0 N–H and O–H groups in total. The maximum absolute atomic E-state index is 12.8. The van der Waals surface area contributed by atoms with Crippen molar-refractivity contribution in [3.8, 4) is 0 Å². The number of hydrogen-bond acceptors (Lipinski definition) is 3. The molecule has 0 bridgehead atoms. The van der Waals surface area contributed by atoms with Gasteiger partial charge in [-0.25, -0.2) is 26.6 Å². The molecule has 84 valence electrons. The molecule has 0 fully saturated rings. The Kier molecular flexibility index (Phi) is 3.19. The van der Waals surface area contributed by atoms with Crippen molar-refractivity contribution in [3.63, 3.8) is 0 Å². The van der Waals surface area contributed by atoms with Gasteiger partial charge in [-0.15, -0.1) is 0 Å². The molecule has 0 aliphatic carbocycles. The minimum absolute atomic E-state index is 0.0617. The van der Waals surface area contributed by atoms with Crippen molar-refractivity contribution in [1.29, 1.82) is 0 Å². The van der Waals surface area contributed by atoms with Crippen LogP contribution in [0.3, 0.4) is 0 Å². The zero-order valence-corrected chi connectivity index (χ0v) is 8.29. The average Bonchev–Trinajstić information content (AvgIpc) is 2.06. The second-order valence-electron chi connectivity index (χ2n) is 2.38. The molecule has 0 aromatic carbocycles. The van der Waals surface area contributed by atoms with Gasteiger partial charge in [-0.1, -0.05) is 0 Å². The largest absolute Gasteiger partial charge is 0.283 e. The summed E-state index contributed by atoms with van der Waals surface area (Å²) in [6.45, 7) is 0. The minimum atomic E-state index is -4.55. The van der Waals surface area contributed by atoms with Gasteiger partial charge < -0.3 is 0 Å². The Labute approximate surface area is 86.1 Å². The third kappa shape index (κ3) is 2.57. The average molecular weight is 264 g/mol. The van der Waals surface area contributed by atoms with Gasteiger partial charge >= 0.3 is 0 Å². The molecule has 9 heteroatoms. The van der Waals surface area contributed by atoms with E-state index >= 15 is 0 Å². The number of hydrogen-bond donors (Lipinski definition) is 0. The SMILES string of the molecule is O=S(=O)(Cl)c1cc(F)c(C(F)F)nc1F. The Bertz CT molecular complexity index is 490. The summed E-state index contributed by atoms with van der Waals surface area (Å²) in [5.41, 5.74) is -1.46. The van der Waals surface area contributed by atoms with Crippen LogP contribution in [0.5, 0.6) is 0 Å². The van der Waals surface area contributed by atoms with Crippen molar-refractivity contribution in [2.24, 2.45) is 0 Å². The van der Waals surface area contributed by atoms with Gasteiger partial charge in [0.15, 0.2) is 5.82 Å². The molecule has 0 aliphatic rings. The van der Waals surface area contributed by atoms with E-state index in [1.807, 2.05) is 0 Å². The van der Waals surface area contributed by atoms with Crippen molar-refractivity contribution in [2.75, 3.05) is 0 Å². The van der Waals surface area contributed by atoms with Gasteiger partial charge in [-0.2, -0.15) is 4.39 Å². The predicted molar refractivity (Wildman–Crippen MR) is 42.1 cm³/mol. The highest BCUT2D eigenvalue weighted by molar-refractivity contribution is 8.13. The van der Waals surface area contributed by atoms with Crippen LogP contribution in [0.2, 0.25) is 0 Å². The predicted octanol–water partition coefficient (Wildman–Crippen LogP) is 2.22. The quantitative estimate of drug-likeness (QED) is 0.467. The third-order valence-corrected chi connectivity index (χ3v) is 2.70. The molecule has 1 aromatic rings. The highest BCUT2D eigenvalue weighted by Gasteiger charge is 2.24. The van der Waals surface area contributed by atoms with Crippen LogP contribution in [0.25, 0.3) is 0 Å². The molecule has 15 heavy (non-hydrogen) atoms. The minimum Gasteiger partial charge on any atom is -0.214 e. The van der Waals surface area contributed by atoms with Gasteiger partial charge in [-0.3, -0.25) is 0 Å². The fourth-order valence-electron chi connectivity index (χ4n) is 0.787. The summed E-state index contributed by atoms with van der Waals surface area (Å²) >= 11 is 0. The number of pyridine rings is 1. The molecular formula is C6H2ClF4NO2S. The highest BCUT2D eigenvalue weighted by atomic mass is 35.7. The van der Waals surface area contributed by atoms with Crippen LogP contribution in [0.1, 0.15) is 12.1 Å². The van der Waals surface area contributed by atoms with E-state index < -0.39 is 37.8 Å². The second kappa shape index (κ2) is 3.93. The fourth-order valence-corrected chi connectivity index (χ4v) is 1.60. The van der Waals surface area contributed by atoms with E-state index in [-0.39, 0.29) is 6.07 Å². The summed E-state index contributed by atoms with van der Waals surface area (Å²) < 4.78 is 70.8. The fraction of sp³-hybridized carbons (Fsp3) is 0.167. The summed E-state index contributed by atoms with van der Waals surface area (Å²) in [6, 6.07) is 0.0617. The van der Waals surface area contributed by atoms with Gasteiger partial charge in [0.05, 0.1) is 0 Å². The maximum Gasteiger partial charge on any atom is 0.283 e. The van der Waals surface area contributed by atoms with E-state index in [1.165, 1.54) is 0 Å². The molecule has 0 radical (unpaired) electrons. The van der Waals surface area contributed by atoms with E-state index in [0.29, 0.717) is 0 Å². The van der Waals surface area contributed by atoms with Gasteiger partial charge in [-0.05, 0) is 0 Å². The third-order valence-electron chi connectivity index (χ3n) is 1.39. The van der Waals surface area contributed by atoms with Crippen molar-refractivity contribution in [1.82, 2.24) is 4.98 Å². The molecule has 0 amide bonds. The summed E-state index contributed by atoms with van der Waals surface area (Å²) in [5.74, 6) is -3.40. The lowest BCUT2D eigenvalue weighted by Gasteiger charge is -2.03. The number of nitrogens with zero attached hydrogens (tertiary/aromatic N) is 1. The van der Waals surface area contributed by atoms with Gasteiger partial charge in [0.1, 0.15) is 10.6 Å². The Morgan fingerprint density at radius 2 is 1.87 bits per heavy atom. The van der Waals surface area contributed by atoms with E-state index in [4.69, 9.17) is 10.7 Å². The van der Waals surface area contributed by atoms with Crippen molar-refractivity contribution in [3.05, 3.63) is 23.5 Å². The molecular weight excluding hydrogens is 262 g/mol. The van der Waals surface area contributed by atoms with Crippen molar-refractivity contribution >= 4 is 19.7 Å². The summed E-state index contributed by atoms with van der Waals surface area (Å²) in [6.07, 6.45) is -3.34. The summed E-state index contributed by atoms with van der Waals surface area (Å²) in [7, 11) is 0.157. The normalized spacial score (nSPS) is 12.1. The summed E-state index contributed by atoms with van der Waals surface area (Å²) in [5, 5.41) is 0. The van der Waals surface area contributed by atoms with Crippen LogP contribution in [0.15, 0.2) is 11.0 Å². The first kappa shape index (κ1) is 12.2. The molecule has 0 aliphatic heterocycles. The second-order valence-corrected chi connectivity index (χ2v) is 4.92. The first-order chi connectivity index (χ1) is 6.73. The van der Waals surface area contributed by atoms with E-state index in [2.05, 4.69) is 4.98 Å². The van der Waals surface area contributed by atoms with E-state index in [0.717, 1.165) is 0 Å². The van der Waals surface area contributed by atoms with Gasteiger partial charge in [0.2, 0.25) is 5.95 Å². The lowest BCUT2D eigenvalue weighted by Crippen LogP contribution is -2.05. The van der Waals surface area contributed by atoms with Crippen LogP contribution in [0.4, 0.5) is 17.6 Å². The molecule has 1 aromatic heterocycles. The van der Waals surface area contributed by atoms with Crippen LogP contribution < -0.4 is 0 Å². The summed E-state index contributed by atoms with van der Waals surface area (Å²) in [4.78, 5) is 1.21. The molecule has 0 unspecified atom stereocenters. The van der Waals surface area contributed by atoms with E-state index in [9.17, 15) is 26.0 Å². The topological polar surface area (TPSA) is 47.0 Å². The Hall–Kier alpha value is -0.890. The first-order valence-electron chi connectivity index (χ1n) is 3.32. The Morgan fingerprint density at radius 3 is 2.27 bits per heavy atom. The first-order valence-corrected chi connectivity index (χ1v) is 5.63. The zero-order valence-electron chi connectivity index (χ0n) is 6.72. The lowest BCUT2D eigenvalue weighted by atomic mass is 10.3. The highest BCUT2D eigenvalue weighted by Crippen LogP contribution is 2.25. The maximum atomic E-state index is 12.8. The van der Waals surface area contributed by atoms with Gasteiger partial charge in [0, 0.05) is 16.7 Å². The van der Waals surface area contributed by atoms with E-state index in [1.54, 1.807) is 0 Å². The molecule has 3 nitrogen and oxygen atoms in total. The van der Waals surface area contributed by atoms with Crippen LogP contribution in [0, 0.1) is 11.8 Å². The molecule has 1 heterocycles. The number of aromatic nitrogens is 1. The molecule has 1 rings (SSSR count). The van der Waals surface area contributed by atoms with Crippen LogP contribution in [-0.4, -0.2) is 13.4 Å². The molecule has 0 atom stereocenters. The smallest absolute Gasteiger partial charge is 0.214 e. The Balaban J connectivity index is 3.46. The number of halogens is 5. The molecule has 0 saturated carbocycles. The standard InChI is InChI=1S/C6H2ClF4NO2S/c7-15(13,14)3-1-2(8)4(5(9)10)12-6(3)11/h1,5H.